The van der Waals surface area contributed by atoms with Gasteiger partial charge in [0.1, 0.15) is 0 Å². The molecule has 0 saturated carbocycles. The Kier molecular flexibility index (Phi) is 16.9. The summed E-state index contributed by atoms with van der Waals surface area (Å²) in [6.45, 7) is 40.5. The molecule has 9 heteroatoms. The summed E-state index contributed by atoms with van der Waals surface area (Å²) in [5, 5.41) is 27.7. The Morgan fingerprint density at radius 1 is 0.282 bits per heavy atom. The van der Waals surface area contributed by atoms with Crippen LogP contribution in [0, 0.1) is 22.7 Å². The quantitative estimate of drug-likeness (QED) is 0.135. The number of hydrogen-bond donors (Lipinski definition) is 0. The van der Waals surface area contributed by atoms with Crippen LogP contribution >= 0.6 is 22.7 Å². The van der Waals surface area contributed by atoms with E-state index in [0.29, 0.717) is 58.9 Å². The SMILES string of the molecule is [2H]c1c([2H])c([2H])c2c(sc3cccc(-c4cc(C(C)(C)C)cc(-c5cccc6sc7c([2H])c([2H])c([2H])c([2H])c7c56)c4N4c5cc(-n6c7ccc(C#N)cc7c7cc(C#N)ccc76)ccc5B5c6ccc(-n7c8ccc(C(C)(C)C)cc8c8cc(C(C)(C)C)ccc87)cc6N(c6c(-c7ccccc7)cc(C(C)(C)C)cc6-c6ccccc6)c6cc(-c7cc(C(C)(C)C)cc(C(C)(C)C)c7)cc4c65)c32)c1[2H]. The van der Waals surface area contributed by atoms with Crippen LogP contribution in [0.15, 0.2) is 309 Å². The Balaban J connectivity index is 0.995. The van der Waals surface area contributed by atoms with Crippen LogP contribution in [0.2, 0.25) is 0 Å². The van der Waals surface area contributed by atoms with Gasteiger partial charge in [-0.25, -0.2) is 0 Å². The predicted molar refractivity (Wildman–Crippen MR) is 564 cm³/mol. The molecule has 0 aliphatic carbocycles. The topological polar surface area (TPSA) is 63.9 Å². The van der Waals surface area contributed by atoms with Crippen molar-refractivity contribution in [3.8, 4) is 79.1 Å². The lowest BCUT2D eigenvalue weighted by molar-refractivity contribution is 0.569. The van der Waals surface area contributed by atoms with Crippen molar-refractivity contribution in [1.82, 2.24) is 9.13 Å². The van der Waals surface area contributed by atoms with Gasteiger partial charge in [-0.2, -0.15) is 10.5 Å². The fourth-order valence-electron chi connectivity index (χ4n) is 20.5. The molecule has 20 aromatic rings. The number of aromatic nitrogens is 2. The molecule has 0 N–H and O–H groups in total. The van der Waals surface area contributed by atoms with Gasteiger partial charge >= 0.3 is 0 Å². The Bertz CT molecular complexity index is 8450. The van der Waals surface area contributed by atoms with Crippen LogP contribution in [0.4, 0.5) is 34.1 Å². The maximum atomic E-state index is 10.8. The zero-order valence-corrected chi connectivity index (χ0v) is 79.0. The normalized spacial score (nSPS) is 14.1. The van der Waals surface area contributed by atoms with E-state index < -0.39 is 12.1 Å². The summed E-state index contributed by atoms with van der Waals surface area (Å²) in [7, 11) is 0. The molecule has 6 heterocycles. The average molecular weight is 1740 g/mol. The van der Waals surface area contributed by atoms with E-state index in [2.05, 4.69) is 356 Å². The first-order valence-corrected chi connectivity index (χ1v) is 47.1. The molecule has 0 bridgehead atoms. The summed E-state index contributed by atoms with van der Waals surface area (Å²) in [6, 6.07) is 98.7. The number of rotatable bonds is 9. The highest BCUT2D eigenvalue weighted by Crippen LogP contribution is 2.59. The van der Waals surface area contributed by atoms with E-state index in [1.165, 1.54) is 33.8 Å². The number of nitriles is 2. The molecule has 0 fully saturated rings. The minimum absolute atomic E-state index is 0.127. The molecular weight excluding hydrogens is 1620 g/mol. The van der Waals surface area contributed by atoms with Crippen molar-refractivity contribution in [2.24, 2.45) is 0 Å². The highest BCUT2D eigenvalue weighted by Gasteiger charge is 2.47. The number of anilines is 6. The number of fused-ring (bicyclic) bond motifs is 16. The summed E-state index contributed by atoms with van der Waals surface area (Å²) in [6.07, 6.45) is 0. The number of benzene rings is 16. The lowest BCUT2D eigenvalue weighted by Gasteiger charge is -2.46. The van der Waals surface area contributed by atoms with Crippen molar-refractivity contribution in [3.05, 3.63) is 354 Å². The minimum atomic E-state index is -0.625. The van der Waals surface area contributed by atoms with Crippen molar-refractivity contribution in [2.75, 3.05) is 9.80 Å². The molecule has 22 rings (SSSR count). The first kappa shape index (κ1) is 74.0. The van der Waals surface area contributed by atoms with Gasteiger partial charge in [0.15, 0.2) is 0 Å². The third kappa shape index (κ3) is 13.6. The molecule has 0 saturated heterocycles. The van der Waals surface area contributed by atoms with E-state index in [1.54, 1.807) is 0 Å². The van der Waals surface area contributed by atoms with Gasteiger partial charge in [0.2, 0.25) is 0 Å². The Morgan fingerprint density at radius 2 is 0.641 bits per heavy atom. The number of thiophene rings is 2. The van der Waals surface area contributed by atoms with Crippen LogP contribution in [0.25, 0.3) is 151 Å². The second kappa shape index (κ2) is 29.9. The summed E-state index contributed by atoms with van der Waals surface area (Å²) in [4.78, 5) is 5.15. The van der Waals surface area contributed by atoms with Crippen LogP contribution in [0.1, 0.15) is 180 Å². The van der Waals surface area contributed by atoms with Crippen LogP contribution in [-0.4, -0.2) is 15.8 Å². The molecule has 0 atom stereocenters. The summed E-state index contributed by atoms with van der Waals surface area (Å²) in [5.41, 5.74) is 28.2. The molecule has 638 valence electrons. The molecule has 131 heavy (non-hydrogen) atoms. The lowest BCUT2D eigenvalue weighted by atomic mass is 9.33. The first-order chi connectivity index (χ1) is 66.0. The van der Waals surface area contributed by atoms with Crippen LogP contribution < -0.4 is 26.2 Å². The second-order valence-corrected chi connectivity index (χ2v) is 44.3. The van der Waals surface area contributed by atoms with Crippen molar-refractivity contribution in [3.63, 3.8) is 0 Å². The minimum Gasteiger partial charge on any atom is -0.310 e. The third-order valence-corrected chi connectivity index (χ3v) is 29.6. The molecule has 0 amide bonds. The summed E-state index contributed by atoms with van der Waals surface area (Å²) in [5.74, 6) is 0. The molecule has 6 nitrogen and oxygen atoms in total. The Morgan fingerprint density at radius 3 is 1.04 bits per heavy atom. The molecule has 16 aromatic carbocycles. The van der Waals surface area contributed by atoms with E-state index in [4.69, 9.17) is 0 Å². The van der Waals surface area contributed by atoms with E-state index >= 15 is 0 Å². The van der Waals surface area contributed by atoms with Gasteiger partial charge in [-0.15, -0.1) is 22.7 Å². The fraction of sp³-hybridized carbons (Fsp3) is 0.197. The highest BCUT2D eigenvalue weighted by atomic mass is 32.1. The van der Waals surface area contributed by atoms with Gasteiger partial charge in [0.05, 0.1) is 67.7 Å². The van der Waals surface area contributed by atoms with Crippen molar-refractivity contribution >= 4 is 164 Å². The maximum Gasteiger partial charge on any atom is 0.252 e. The zero-order chi connectivity index (χ0) is 97.7. The molecular formula is C122H105BN6S2. The lowest BCUT2D eigenvalue weighted by Crippen LogP contribution is -2.61. The van der Waals surface area contributed by atoms with Crippen molar-refractivity contribution < 1.29 is 11.0 Å². The Hall–Kier alpha value is -13.8. The standard InChI is InChI=1S/C122H105BN6S2/c1-117(2,3)78-45-53-102-94(62-78)95-63-79(118(4,5)6)46-54-103(95)127(102)85-48-49-98-104(68-85)128(115-90(74-31-21-19-22-32-74)64-82(121(13,14)15)65-91(115)75-33-23-20-24-34-75)106-59-77(76-57-80(119(7,8)9)61-81(58-76)120(10,11)12)60-107-114(106)123(98)99-50-47-84(126-100-51-43-72(70-124)55-92(100)93-56-73(71-125)44-52-101(93)126)69-105(99)129(107)116-96(86-37-29-41-110-112(86)88-35-25-27-39-108(88)130-110)66-83(122(16,17)18)67-97(116)87-38-30-42-111-113(87)89-36-26-28-40-109(89)131-111/h19-69H,1-18H3/i25D,26D,27D,28D,35D,36D,39D,40D. The first-order valence-electron chi connectivity index (χ1n) is 49.5. The van der Waals surface area contributed by atoms with Crippen molar-refractivity contribution in [1.29, 1.82) is 10.5 Å². The van der Waals surface area contributed by atoms with Crippen LogP contribution in [0.5, 0.6) is 0 Å². The van der Waals surface area contributed by atoms with Gasteiger partial charge in [-0.1, -0.05) is 288 Å². The van der Waals surface area contributed by atoms with Gasteiger partial charge in [-0.05, 0) is 261 Å². The van der Waals surface area contributed by atoms with E-state index in [9.17, 15) is 21.5 Å². The molecule has 0 spiro atoms. The molecule has 0 radical (unpaired) electrons. The largest absolute Gasteiger partial charge is 0.310 e. The average Bonchev–Trinajstić information content (AvgIpc) is 1.39. The second-order valence-electron chi connectivity index (χ2n) is 42.2. The smallest absolute Gasteiger partial charge is 0.252 e. The van der Waals surface area contributed by atoms with E-state index in [-0.39, 0.29) is 75.4 Å². The molecule has 2 aliphatic rings. The number of nitrogens with zero attached hydrogens (tertiary/aromatic N) is 6. The molecule has 0 unspecified atom stereocenters. The fourth-order valence-corrected chi connectivity index (χ4v) is 22.5. The van der Waals surface area contributed by atoms with E-state index in [0.717, 1.165) is 176 Å². The summed E-state index contributed by atoms with van der Waals surface area (Å²) < 4.78 is 85.0. The van der Waals surface area contributed by atoms with Gasteiger partial charge in [0, 0.05) is 118 Å². The highest BCUT2D eigenvalue weighted by molar-refractivity contribution is 7.26. The monoisotopic (exact) mass is 1740 g/mol. The van der Waals surface area contributed by atoms with Gasteiger partial charge < -0.3 is 18.9 Å². The predicted octanol–water partition coefficient (Wildman–Crippen LogP) is 32.6. The molecule has 2 aliphatic heterocycles. The van der Waals surface area contributed by atoms with Gasteiger partial charge in [-0.3, -0.25) is 0 Å². The zero-order valence-electron chi connectivity index (χ0n) is 85.4. The molecule has 4 aromatic heterocycles. The third-order valence-electron chi connectivity index (χ3n) is 27.5. The maximum absolute atomic E-state index is 10.8. The van der Waals surface area contributed by atoms with Crippen LogP contribution in [0.3, 0.4) is 0 Å². The van der Waals surface area contributed by atoms with Gasteiger partial charge in [0.25, 0.3) is 6.71 Å². The summed E-state index contributed by atoms with van der Waals surface area (Å²) >= 11 is 2.71. The van der Waals surface area contributed by atoms with Crippen molar-refractivity contribution in [2.45, 2.75) is 157 Å². The number of hydrogen-bond acceptors (Lipinski definition) is 6. The van der Waals surface area contributed by atoms with Crippen LogP contribution in [-0.2, 0) is 32.5 Å². The van der Waals surface area contributed by atoms with E-state index in [1.807, 2.05) is 60.7 Å². The Labute approximate surface area is 788 Å².